The molecule has 2 N–H and O–H groups in total. The lowest BCUT2D eigenvalue weighted by Gasteiger charge is -2.07. The fourth-order valence-electron chi connectivity index (χ4n) is 2.48. The fourth-order valence-corrected chi connectivity index (χ4v) is 2.48. The number of nitrogens with two attached hydrogens (primary N) is 1. The van der Waals surface area contributed by atoms with Gasteiger partial charge in [0.1, 0.15) is 0 Å². The van der Waals surface area contributed by atoms with Gasteiger partial charge in [-0.1, -0.05) is 18.2 Å². The Morgan fingerprint density at radius 3 is 2.90 bits per heavy atom. The molecule has 0 atom stereocenters. The van der Waals surface area contributed by atoms with Gasteiger partial charge in [0, 0.05) is 0 Å². The van der Waals surface area contributed by atoms with Gasteiger partial charge in [-0.2, -0.15) is 0 Å². The zero-order valence-corrected chi connectivity index (χ0v) is 10.7. The summed E-state index contributed by atoms with van der Waals surface area (Å²) in [6.07, 6.45) is 0. The van der Waals surface area contributed by atoms with Crippen molar-refractivity contribution in [2.75, 3.05) is 12.5 Å². The number of nitrogens with zero attached hydrogens (tertiary/aromatic N) is 2. The highest BCUT2D eigenvalue weighted by atomic mass is 16.7. The van der Waals surface area contributed by atoms with Crippen LogP contribution in [-0.4, -0.2) is 16.3 Å². The summed E-state index contributed by atoms with van der Waals surface area (Å²) in [5.41, 5.74) is 9.05. The zero-order valence-electron chi connectivity index (χ0n) is 10.7. The molecule has 1 aromatic heterocycles. The number of ether oxygens (including phenoxy) is 2. The molecule has 20 heavy (non-hydrogen) atoms. The molecule has 100 valence electrons. The number of imidazole rings is 1. The minimum absolute atomic E-state index is 0.287. The second kappa shape index (κ2) is 4.16. The Labute approximate surface area is 115 Å². The van der Waals surface area contributed by atoms with E-state index >= 15 is 0 Å². The van der Waals surface area contributed by atoms with Crippen molar-refractivity contribution in [2.45, 2.75) is 6.54 Å². The highest BCUT2D eigenvalue weighted by Gasteiger charge is 2.14. The number of anilines is 1. The van der Waals surface area contributed by atoms with E-state index in [1.807, 2.05) is 47.0 Å². The van der Waals surface area contributed by atoms with Crippen LogP contribution in [0.5, 0.6) is 11.5 Å². The lowest BCUT2D eigenvalue weighted by molar-refractivity contribution is 0.174. The van der Waals surface area contributed by atoms with Gasteiger partial charge in [0.15, 0.2) is 11.5 Å². The van der Waals surface area contributed by atoms with Crippen molar-refractivity contribution < 1.29 is 9.47 Å². The monoisotopic (exact) mass is 267 g/mol. The van der Waals surface area contributed by atoms with Gasteiger partial charge in [0.2, 0.25) is 12.7 Å². The molecule has 0 bridgehead atoms. The van der Waals surface area contributed by atoms with E-state index in [2.05, 4.69) is 4.98 Å². The molecule has 0 aliphatic carbocycles. The Morgan fingerprint density at radius 1 is 1.10 bits per heavy atom. The van der Waals surface area contributed by atoms with Gasteiger partial charge in [0.25, 0.3) is 0 Å². The third-order valence-corrected chi connectivity index (χ3v) is 3.46. The van der Waals surface area contributed by atoms with E-state index in [9.17, 15) is 0 Å². The summed E-state index contributed by atoms with van der Waals surface area (Å²) in [5, 5.41) is 0. The standard InChI is InChI=1S/C15H13N3O2/c16-15-17-11-3-1-2-4-12(11)18(15)8-10-5-6-13-14(7-10)20-9-19-13/h1-7H,8-9H2,(H2,16,17). The largest absolute Gasteiger partial charge is 0.454 e. The molecule has 5 nitrogen and oxygen atoms in total. The third-order valence-electron chi connectivity index (χ3n) is 3.46. The molecule has 0 saturated carbocycles. The van der Waals surface area contributed by atoms with Gasteiger partial charge < -0.3 is 19.8 Å². The van der Waals surface area contributed by atoms with Gasteiger partial charge in [-0.05, 0) is 29.8 Å². The molecular weight excluding hydrogens is 254 g/mol. The smallest absolute Gasteiger partial charge is 0.231 e. The molecule has 0 unspecified atom stereocenters. The molecule has 0 fully saturated rings. The first-order valence-corrected chi connectivity index (χ1v) is 6.40. The van der Waals surface area contributed by atoms with Crippen LogP contribution in [0.2, 0.25) is 0 Å². The van der Waals surface area contributed by atoms with E-state index in [0.717, 1.165) is 28.1 Å². The number of hydrogen-bond acceptors (Lipinski definition) is 4. The second-order valence-electron chi connectivity index (χ2n) is 4.73. The summed E-state index contributed by atoms with van der Waals surface area (Å²) < 4.78 is 12.7. The van der Waals surface area contributed by atoms with Crippen molar-refractivity contribution in [3.8, 4) is 11.5 Å². The molecule has 5 heteroatoms. The minimum Gasteiger partial charge on any atom is -0.454 e. The summed E-state index contributed by atoms with van der Waals surface area (Å²) in [4.78, 5) is 4.37. The average Bonchev–Trinajstić information content (AvgIpc) is 3.04. The van der Waals surface area contributed by atoms with Crippen molar-refractivity contribution in [3.05, 3.63) is 48.0 Å². The third kappa shape index (κ3) is 1.67. The van der Waals surface area contributed by atoms with Crippen molar-refractivity contribution in [2.24, 2.45) is 0 Å². The number of hydrogen-bond donors (Lipinski definition) is 1. The van der Waals surface area contributed by atoms with Crippen molar-refractivity contribution >= 4 is 17.0 Å². The van der Waals surface area contributed by atoms with Gasteiger partial charge in [-0.25, -0.2) is 4.98 Å². The number of fused-ring (bicyclic) bond motifs is 2. The minimum atomic E-state index is 0.287. The summed E-state index contributed by atoms with van der Waals surface area (Å²) in [6.45, 7) is 0.942. The van der Waals surface area contributed by atoms with Gasteiger partial charge in [-0.15, -0.1) is 0 Å². The van der Waals surface area contributed by atoms with Crippen LogP contribution < -0.4 is 15.2 Å². The molecule has 1 aliphatic rings. The second-order valence-corrected chi connectivity index (χ2v) is 4.73. The van der Waals surface area contributed by atoms with Crippen LogP contribution in [-0.2, 0) is 6.54 Å². The first kappa shape index (κ1) is 11.2. The van der Waals surface area contributed by atoms with Crippen LogP contribution in [0, 0.1) is 0 Å². The lowest BCUT2D eigenvalue weighted by Crippen LogP contribution is -2.04. The summed E-state index contributed by atoms with van der Waals surface area (Å²) in [7, 11) is 0. The first-order chi connectivity index (χ1) is 9.81. The maximum atomic E-state index is 6.01. The number of benzene rings is 2. The predicted molar refractivity (Wildman–Crippen MR) is 75.8 cm³/mol. The molecular formula is C15H13N3O2. The van der Waals surface area contributed by atoms with E-state index in [1.165, 1.54) is 0 Å². The Balaban J connectivity index is 1.76. The maximum Gasteiger partial charge on any atom is 0.231 e. The molecule has 2 aromatic carbocycles. The molecule has 2 heterocycles. The van der Waals surface area contributed by atoms with Crippen molar-refractivity contribution in [1.82, 2.24) is 9.55 Å². The highest BCUT2D eigenvalue weighted by molar-refractivity contribution is 5.78. The number of rotatable bonds is 2. The fraction of sp³-hybridized carbons (Fsp3) is 0.133. The van der Waals surface area contributed by atoms with Gasteiger partial charge in [-0.3, -0.25) is 0 Å². The molecule has 1 aliphatic heterocycles. The molecule has 0 amide bonds. The highest BCUT2D eigenvalue weighted by Crippen LogP contribution is 2.33. The molecule has 4 rings (SSSR count). The molecule has 3 aromatic rings. The Kier molecular flexibility index (Phi) is 2.32. The van der Waals surface area contributed by atoms with E-state index in [1.54, 1.807) is 0 Å². The Morgan fingerprint density at radius 2 is 1.95 bits per heavy atom. The Bertz CT molecular complexity index is 795. The predicted octanol–water partition coefficient (Wildman–Crippen LogP) is 2.40. The number of para-hydroxylation sites is 2. The Hall–Kier alpha value is -2.69. The van der Waals surface area contributed by atoms with E-state index in [4.69, 9.17) is 15.2 Å². The number of nitrogen functional groups attached to an aromatic ring is 1. The van der Waals surface area contributed by atoms with Crippen LogP contribution in [0.25, 0.3) is 11.0 Å². The van der Waals surface area contributed by atoms with E-state index in [-0.39, 0.29) is 6.79 Å². The SMILES string of the molecule is Nc1nc2ccccc2n1Cc1ccc2c(c1)OCO2. The zero-order chi connectivity index (χ0) is 13.5. The summed E-state index contributed by atoms with van der Waals surface area (Å²) >= 11 is 0. The molecule has 0 saturated heterocycles. The van der Waals surface area contributed by atoms with Crippen LogP contribution in [0.15, 0.2) is 42.5 Å². The van der Waals surface area contributed by atoms with Gasteiger partial charge >= 0.3 is 0 Å². The normalized spacial score (nSPS) is 13.0. The average molecular weight is 267 g/mol. The number of aromatic nitrogens is 2. The lowest BCUT2D eigenvalue weighted by atomic mass is 10.2. The van der Waals surface area contributed by atoms with Crippen molar-refractivity contribution in [1.29, 1.82) is 0 Å². The van der Waals surface area contributed by atoms with E-state index in [0.29, 0.717) is 12.5 Å². The maximum absolute atomic E-state index is 6.01. The van der Waals surface area contributed by atoms with Gasteiger partial charge in [0.05, 0.1) is 17.6 Å². The van der Waals surface area contributed by atoms with Crippen molar-refractivity contribution in [3.63, 3.8) is 0 Å². The quantitative estimate of drug-likeness (QED) is 0.774. The van der Waals surface area contributed by atoms with E-state index < -0.39 is 0 Å². The topological polar surface area (TPSA) is 62.3 Å². The van der Waals surface area contributed by atoms with Crippen LogP contribution in [0.1, 0.15) is 5.56 Å². The molecule has 0 spiro atoms. The molecule has 0 radical (unpaired) electrons. The summed E-state index contributed by atoms with van der Waals surface area (Å²) in [6, 6.07) is 13.8. The van der Waals surface area contributed by atoms with Crippen LogP contribution >= 0.6 is 0 Å². The van der Waals surface area contributed by atoms with Crippen LogP contribution in [0.3, 0.4) is 0 Å². The summed E-state index contributed by atoms with van der Waals surface area (Å²) in [5.74, 6) is 2.09. The van der Waals surface area contributed by atoms with Crippen LogP contribution in [0.4, 0.5) is 5.95 Å². The first-order valence-electron chi connectivity index (χ1n) is 6.40.